The highest BCUT2D eigenvalue weighted by molar-refractivity contribution is 5.86. The van der Waals surface area contributed by atoms with E-state index in [1.165, 1.54) is 12.3 Å². The van der Waals surface area contributed by atoms with E-state index in [-0.39, 0.29) is 17.7 Å². The van der Waals surface area contributed by atoms with Crippen molar-refractivity contribution in [1.29, 1.82) is 0 Å². The van der Waals surface area contributed by atoms with Crippen LogP contribution in [0.15, 0.2) is 42.6 Å². The van der Waals surface area contributed by atoms with E-state index >= 15 is 0 Å². The Morgan fingerprint density at radius 2 is 1.92 bits per heavy atom. The Morgan fingerprint density at radius 1 is 1.15 bits per heavy atom. The molecule has 5 nitrogen and oxygen atoms in total. The van der Waals surface area contributed by atoms with Gasteiger partial charge in [0.15, 0.2) is 0 Å². The number of hydrogen-bond acceptors (Lipinski definition) is 3. The lowest BCUT2D eigenvalue weighted by molar-refractivity contribution is -0.137. The molecule has 9 heteroatoms. The number of nitrogens with zero attached hydrogens (tertiary/aromatic N) is 2. The first-order chi connectivity index (χ1) is 12.2. The van der Waals surface area contributed by atoms with Crippen LogP contribution in [0.1, 0.15) is 27.3 Å². The highest BCUT2D eigenvalue weighted by Crippen LogP contribution is 2.31. The van der Waals surface area contributed by atoms with Crippen molar-refractivity contribution < 1.29 is 27.5 Å². The van der Waals surface area contributed by atoms with E-state index < -0.39 is 23.5 Å². The fraction of sp³-hybridized carbons (Fsp3) is 0.118. The quantitative estimate of drug-likeness (QED) is 0.687. The zero-order chi connectivity index (χ0) is 18.9. The smallest absolute Gasteiger partial charge is 0.416 e. The molecule has 0 unspecified atom stereocenters. The maximum absolute atomic E-state index is 13.5. The van der Waals surface area contributed by atoms with Crippen LogP contribution in [0.2, 0.25) is 0 Å². The van der Waals surface area contributed by atoms with Gasteiger partial charge in [-0.05, 0) is 42.0 Å². The molecule has 134 valence electrons. The second-order valence-electron chi connectivity index (χ2n) is 5.53. The minimum Gasteiger partial charge on any atom is -0.477 e. The van der Waals surface area contributed by atoms with Gasteiger partial charge in [-0.2, -0.15) is 18.3 Å². The van der Waals surface area contributed by atoms with Gasteiger partial charge in [0.2, 0.25) is 0 Å². The first kappa shape index (κ1) is 17.6. The van der Waals surface area contributed by atoms with E-state index in [0.29, 0.717) is 23.0 Å². The molecule has 0 aliphatic heterocycles. The van der Waals surface area contributed by atoms with Crippen LogP contribution in [-0.2, 0) is 12.6 Å². The van der Waals surface area contributed by atoms with E-state index in [4.69, 9.17) is 5.11 Å². The number of aromatic nitrogens is 3. The molecule has 1 aromatic carbocycles. The van der Waals surface area contributed by atoms with Crippen LogP contribution in [0.4, 0.5) is 17.6 Å². The molecule has 0 amide bonds. The zero-order valence-electron chi connectivity index (χ0n) is 13.0. The number of benzene rings is 1. The molecule has 0 radical (unpaired) electrons. The number of halogens is 4. The van der Waals surface area contributed by atoms with E-state index in [2.05, 4.69) is 15.2 Å². The summed E-state index contributed by atoms with van der Waals surface area (Å²) in [5.41, 5.74) is 0.226. The molecule has 3 aromatic rings. The number of H-pyrrole nitrogens is 1. The molecule has 26 heavy (non-hydrogen) atoms. The first-order valence-corrected chi connectivity index (χ1v) is 7.33. The molecule has 0 bridgehead atoms. The van der Waals surface area contributed by atoms with Crippen LogP contribution >= 0.6 is 0 Å². The van der Waals surface area contributed by atoms with Gasteiger partial charge in [0.25, 0.3) is 0 Å². The zero-order valence-corrected chi connectivity index (χ0v) is 13.0. The van der Waals surface area contributed by atoms with Crippen LogP contribution < -0.4 is 0 Å². The number of pyridine rings is 1. The third-order valence-corrected chi connectivity index (χ3v) is 3.59. The highest BCUT2D eigenvalue weighted by atomic mass is 19.4. The van der Waals surface area contributed by atoms with Crippen molar-refractivity contribution in [3.05, 3.63) is 70.9 Å². The van der Waals surface area contributed by atoms with Gasteiger partial charge in [0, 0.05) is 23.9 Å². The average Bonchev–Trinajstić information content (AvgIpc) is 3.04. The number of carbonyl (C=O) groups is 1. The standard InChI is InChI=1S/C17H11F4N3O2/c18-12-4-9(3-11(7-12)17(19,20)21)5-13-6-10(1-2-22-13)14-8-15(16(25)26)24-23-14/h1-4,6-8H,5H2,(H,23,24)(H,25,26). The number of rotatable bonds is 4. The average molecular weight is 365 g/mol. The summed E-state index contributed by atoms with van der Waals surface area (Å²) in [5, 5.41) is 15.1. The summed E-state index contributed by atoms with van der Waals surface area (Å²) < 4.78 is 51.9. The van der Waals surface area contributed by atoms with Crippen molar-refractivity contribution in [2.45, 2.75) is 12.6 Å². The van der Waals surface area contributed by atoms with Gasteiger partial charge < -0.3 is 5.11 Å². The number of alkyl halides is 3. The van der Waals surface area contributed by atoms with Crippen molar-refractivity contribution in [3.63, 3.8) is 0 Å². The Morgan fingerprint density at radius 3 is 2.58 bits per heavy atom. The number of aromatic amines is 1. The summed E-state index contributed by atoms with van der Waals surface area (Å²) in [6.45, 7) is 0. The summed E-state index contributed by atoms with van der Waals surface area (Å²) in [7, 11) is 0. The molecule has 2 heterocycles. The van der Waals surface area contributed by atoms with E-state index in [0.717, 1.165) is 12.1 Å². The van der Waals surface area contributed by atoms with Crippen molar-refractivity contribution in [1.82, 2.24) is 15.2 Å². The summed E-state index contributed by atoms with van der Waals surface area (Å²) >= 11 is 0. The summed E-state index contributed by atoms with van der Waals surface area (Å²) in [5.74, 6) is -2.15. The van der Waals surface area contributed by atoms with Crippen LogP contribution in [0, 0.1) is 5.82 Å². The molecular formula is C17H11F4N3O2. The Labute approximate surface area is 144 Å². The number of carboxylic acids is 1. The molecule has 0 saturated heterocycles. The molecule has 0 aliphatic carbocycles. The van der Waals surface area contributed by atoms with E-state index in [9.17, 15) is 22.4 Å². The number of carboxylic acid groups (broad SMARTS) is 1. The van der Waals surface area contributed by atoms with Gasteiger partial charge in [-0.15, -0.1) is 0 Å². The second-order valence-corrected chi connectivity index (χ2v) is 5.53. The first-order valence-electron chi connectivity index (χ1n) is 7.33. The third kappa shape index (κ3) is 3.88. The molecular weight excluding hydrogens is 354 g/mol. The predicted octanol–water partition coefficient (Wildman–Crippen LogP) is 3.92. The Hall–Kier alpha value is -3.23. The van der Waals surface area contributed by atoms with Gasteiger partial charge >= 0.3 is 12.1 Å². The van der Waals surface area contributed by atoms with Gasteiger partial charge in [0.1, 0.15) is 11.5 Å². The fourth-order valence-electron chi connectivity index (χ4n) is 2.44. The summed E-state index contributed by atoms with van der Waals surface area (Å²) in [6.07, 6.45) is -3.25. The number of aromatic carboxylic acids is 1. The monoisotopic (exact) mass is 365 g/mol. The molecule has 0 atom stereocenters. The maximum atomic E-state index is 13.5. The summed E-state index contributed by atoms with van der Waals surface area (Å²) in [4.78, 5) is 15.0. The maximum Gasteiger partial charge on any atom is 0.416 e. The number of nitrogens with one attached hydrogen (secondary N) is 1. The molecule has 2 aromatic heterocycles. The molecule has 3 rings (SSSR count). The van der Waals surface area contributed by atoms with Crippen LogP contribution in [0.5, 0.6) is 0 Å². The van der Waals surface area contributed by atoms with Crippen molar-refractivity contribution in [2.75, 3.05) is 0 Å². The molecule has 0 saturated carbocycles. The molecule has 2 N–H and O–H groups in total. The fourth-order valence-corrected chi connectivity index (χ4v) is 2.44. The van der Waals surface area contributed by atoms with E-state index in [1.807, 2.05) is 0 Å². The van der Waals surface area contributed by atoms with Gasteiger partial charge in [-0.25, -0.2) is 9.18 Å². The lowest BCUT2D eigenvalue weighted by atomic mass is 10.0. The molecule has 0 fully saturated rings. The summed E-state index contributed by atoms with van der Waals surface area (Å²) in [6, 6.07) is 6.78. The molecule has 0 aliphatic rings. The number of hydrogen-bond donors (Lipinski definition) is 2. The van der Waals surface area contributed by atoms with Gasteiger partial charge in [-0.1, -0.05) is 0 Å². The van der Waals surface area contributed by atoms with Crippen molar-refractivity contribution in [2.24, 2.45) is 0 Å². The largest absolute Gasteiger partial charge is 0.477 e. The Kier molecular flexibility index (Phi) is 4.45. The Balaban J connectivity index is 1.89. The Bertz CT molecular complexity index is 967. The second kappa shape index (κ2) is 6.58. The molecule has 0 spiro atoms. The van der Waals surface area contributed by atoms with Crippen molar-refractivity contribution >= 4 is 5.97 Å². The van der Waals surface area contributed by atoms with Crippen molar-refractivity contribution in [3.8, 4) is 11.3 Å². The topological polar surface area (TPSA) is 78.9 Å². The lowest BCUT2D eigenvalue weighted by Gasteiger charge is -2.09. The van der Waals surface area contributed by atoms with Gasteiger partial charge in [-0.3, -0.25) is 10.1 Å². The van der Waals surface area contributed by atoms with E-state index in [1.54, 1.807) is 12.1 Å². The SMILES string of the molecule is O=C(O)c1cc(-c2ccnc(Cc3cc(F)cc(C(F)(F)F)c3)c2)n[nH]1. The normalized spacial score (nSPS) is 11.5. The van der Waals surface area contributed by atoms with Crippen LogP contribution in [0.25, 0.3) is 11.3 Å². The van der Waals surface area contributed by atoms with Gasteiger partial charge in [0.05, 0.1) is 11.3 Å². The lowest BCUT2D eigenvalue weighted by Crippen LogP contribution is -2.06. The highest BCUT2D eigenvalue weighted by Gasteiger charge is 2.31. The minimum absolute atomic E-state index is 0.0229. The predicted molar refractivity (Wildman–Crippen MR) is 83.0 cm³/mol. The minimum atomic E-state index is -4.64. The van der Waals surface area contributed by atoms with Crippen LogP contribution in [0.3, 0.4) is 0 Å². The van der Waals surface area contributed by atoms with Crippen LogP contribution in [-0.4, -0.2) is 26.3 Å². The third-order valence-electron chi connectivity index (χ3n) is 3.59.